The van der Waals surface area contributed by atoms with Crippen LogP contribution in [0.15, 0.2) is 18.2 Å². The quantitative estimate of drug-likeness (QED) is 0.842. The summed E-state index contributed by atoms with van der Waals surface area (Å²) in [7, 11) is 0. The van der Waals surface area contributed by atoms with E-state index in [4.69, 9.17) is 5.11 Å². The average molecular weight is 259 g/mol. The van der Waals surface area contributed by atoms with E-state index < -0.39 is 0 Å². The van der Waals surface area contributed by atoms with E-state index in [0.717, 1.165) is 24.1 Å². The van der Waals surface area contributed by atoms with Crippen LogP contribution in [0.2, 0.25) is 0 Å². The summed E-state index contributed by atoms with van der Waals surface area (Å²) in [6, 6.07) is 5.53. The molecule has 102 valence electrons. The van der Waals surface area contributed by atoms with Crippen LogP contribution in [0, 0.1) is 18.8 Å². The van der Waals surface area contributed by atoms with Gasteiger partial charge in [-0.05, 0) is 38.0 Å². The molecule has 0 radical (unpaired) electrons. The van der Waals surface area contributed by atoms with Crippen LogP contribution in [0.4, 0.5) is 0 Å². The Morgan fingerprint density at radius 3 is 2.68 bits per heavy atom. The third-order valence-corrected chi connectivity index (χ3v) is 3.03. The van der Waals surface area contributed by atoms with Gasteiger partial charge in [0.2, 0.25) is 0 Å². The van der Waals surface area contributed by atoms with E-state index in [2.05, 4.69) is 18.8 Å². The van der Waals surface area contributed by atoms with Crippen molar-refractivity contribution in [3.05, 3.63) is 34.9 Å². The van der Waals surface area contributed by atoms with Crippen molar-refractivity contribution in [2.45, 2.75) is 27.2 Å². The van der Waals surface area contributed by atoms with E-state index in [9.17, 15) is 4.79 Å². The number of aliphatic hydroxyl groups is 1. The first-order chi connectivity index (χ1) is 9.15. The second kappa shape index (κ2) is 7.60. The maximum Gasteiger partial charge on any atom is 0.254 e. The third kappa shape index (κ3) is 3.84. The molecule has 0 atom stereocenters. The molecule has 1 aromatic rings. The molecule has 0 saturated heterocycles. The van der Waals surface area contributed by atoms with Crippen molar-refractivity contribution in [2.24, 2.45) is 0 Å². The Bertz CT molecular complexity index is 497. The summed E-state index contributed by atoms with van der Waals surface area (Å²) in [4.78, 5) is 14.3. The van der Waals surface area contributed by atoms with Crippen LogP contribution in [-0.4, -0.2) is 35.6 Å². The first kappa shape index (κ1) is 15.3. The topological polar surface area (TPSA) is 40.5 Å². The molecule has 1 N–H and O–H groups in total. The Morgan fingerprint density at radius 1 is 1.37 bits per heavy atom. The molecule has 1 rings (SSSR count). The van der Waals surface area contributed by atoms with Gasteiger partial charge in [-0.25, -0.2) is 0 Å². The van der Waals surface area contributed by atoms with Crippen LogP contribution >= 0.6 is 0 Å². The number of benzene rings is 1. The van der Waals surface area contributed by atoms with Crippen LogP contribution in [0.5, 0.6) is 0 Å². The van der Waals surface area contributed by atoms with E-state index in [1.54, 1.807) is 0 Å². The van der Waals surface area contributed by atoms with E-state index in [-0.39, 0.29) is 12.5 Å². The Hall–Kier alpha value is -1.79. The van der Waals surface area contributed by atoms with Crippen molar-refractivity contribution in [3.8, 4) is 11.8 Å². The smallest absolute Gasteiger partial charge is 0.254 e. The van der Waals surface area contributed by atoms with Gasteiger partial charge in [-0.2, -0.15) is 0 Å². The Kier molecular flexibility index (Phi) is 6.11. The summed E-state index contributed by atoms with van der Waals surface area (Å²) < 4.78 is 0. The monoisotopic (exact) mass is 259 g/mol. The molecule has 0 bridgehead atoms. The maximum atomic E-state index is 12.4. The Labute approximate surface area is 115 Å². The fraction of sp³-hybridized carbons (Fsp3) is 0.438. The molecule has 0 aliphatic rings. The number of aliphatic hydroxyl groups excluding tert-OH is 1. The van der Waals surface area contributed by atoms with Gasteiger partial charge in [0.15, 0.2) is 0 Å². The molecule has 0 saturated carbocycles. The highest BCUT2D eigenvalue weighted by Gasteiger charge is 2.16. The van der Waals surface area contributed by atoms with Crippen LogP contribution in [0.25, 0.3) is 0 Å². The minimum absolute atomic E-state index is 0.0505. The summed E-state index contributed by atoms with van der Waals surface area (Å²) in [5.41, 5.74) is 2.37. The first-order valence-corrected chi connectivity index (χ1v) is 6.64. The largest absolute Gasteiger partial charge is 0.384 e. The van der Waals surface area contributed by atoms with Gasteiger partial charge in [-0.1, -0.05) is 24.8 Å². The van der Waals surface area contributed by atoms with Gasteiger partial charge in [0.1, 0.15) is 6.61 Å². The minimum atomic E-state index is -0.172. The van der Waals surface area contributed by atoms with Crippen molar-refractivity contribution in [3.63, 3.8) is 0 Å². The highest BCUT2D eigenvalue weighted by atomic mass is 16.2. The molecule has 1 amide bonds. The van der Waals surface area contributed by atoms with Gasteiger partial charge in [0, 0.05) is 24.2 Å². The molecular weight excluding hydrogens is 238 g/mol. The molecule has 19 heavy (non-hydrogen) atoms. The SMILES string of the molecule is CCCN(CC)C(=O)c1cccc(C#CCO)c1C. The lowest BCUT2D eigenvalue weighted by atomic mass is 10.0. The van der Waals surface area contributed by atoms with Crippen LogP contribution in [0.3, 0.4) is 0 Å². The summed E-state index contributed by atoms with van der Waals surface area (Å²) in [5.74, 6) is 5.55. The predicted octanol–water partition coefficient (Wildman–Crippen LogP) is 2.21. The van der Waals surface area contributed by atoms with E-state index in [1.807, 2.05) is 36.9 Å². The lowest BCUT2D eigenvalue weighted by Gasteiger charge is -2.21. The van der Waals surface area contributed by atoms with Gasteiger partial charge >= 0.3 is 0 Å². The molecule has 3 nitrogen and oxygen atoms in total. The highest BCUT2D eigenvalue weighted by Crippen LogP contribution is 2.15. The van der Waals surface area contributed by atoms with Crippen molar-refractivity contribution in [1.29, 1.82) is 0 Å². The number of rotatable bonds is 4. The molecule has 3 heteroatoms. The van der Waals surface area contributed by atoms with Crippen LogP contribution < -0.4 is 0 Å². The zero-order chi connectivity index (χ0) is 14.3. The lowest BCUT2D eigenvalue weighted by molar-refractivity contribution is 0.0763. The number of carbonyl (C=O) groups excluding carboxylic acids is 1. The number of amides is 1. The number of hydrogen-bond donors (Lipinski definition) is 1. The Morgan fingerprint density at radius 2 is 2.11 bits per heavy atom. The van der Waals surface area contributed by atoms with Gasteiger partial charge in [0.25, 0.3) is 5.91 Å². The number of carbonyl (C=O) groups is 1. The first-order valence-electron chi connectivity index (χ1n) is 6.64. The fourth-order valence-corrected chi connectivity index (χ4v) is 1.98. The molecule has 0 aliphatic carbocycles. The molecule has 0 spiro atoms. The van der Waals surface area contributed by atoms with E-state index in [1.165, 1.54) is 0 Å². The fourth-order valence-electron chi connectivity index (χ4n) is 1.98. The van der Waals surface area contributed by atoms with Gasteiger partial charge in [-0.15, -0.1) is 0 Å². The lowest BCUT2D eigenvalue weighted by Crippen LogP contribution is -2.32. The van der Waals surface area contributed by atoms with Crippen LogP contribution in [-0.2, 0) is 0 Å². The summed E-state index contributed by atoms with van der Waals surface area (Å²) in [6.45, 7) is 7.24. The summed E-state index contributed by atoms with van der Waals surface area (Å²) in [6.07, 6.45) is 0.947. The Balaban J connectivity index is 3.10. The van der Waals surface area contributed by atoms with Crippen molar-refractivity contribution >= 4 is 5.91 Å². The van der Waals surface area contributed by atoms with Crippen molar-refractivity contribution in [2.75, 3.05) is 19.7 Å². The van der Waals surface area contributed by atoms with Crippen LogP contribution in [0.1, 0.15) is 41.8 Å². The standard InChI is InChI=1S/C16H21NO2/c1-4-11-17(5-2)16(19)15-10-6-8-14(13(15)3)9-7-12-18/h6,8,10,18H,4-5,11-12H2,1-3H3. The highest BCUT2D eigenvalue weighted by molar-refractivity contribution is 5.96. The molecule has 0 fully saturated rings. The van der Waals surface area contributed by atoms with E-state index in [0.29, 0.717) is 12.1 Å². The summed E-state index contributed by atoms with van der Waals surface area (Å²) in [5, 5.41) is 8.74. The summed E-state index contributed by atoms with van der Waals surface area (Å²) >= 11 is 0. The molecule has 0 unspecified atom stereocenters. The maximum absolute atomic E-state index is 12.4. The van der Waals surface area contributed by atoms with Gasteiger partial charge in [0.05, 0.1) is 0 Å². The van der Waals surface area contributed by atoms with Crippen molar-refractivity contribution < 1.29 is 9.90 Å². The molecular formula is C16H21NO2. The molecule has 0 heterocycles. The van der Waals surface area contributed by atoms with Crippen molar-refractivity contribution in [1.82, 2.24) is 4.90 Å². The number of nitrogens with zero attached hydrogens (tertiary/aromatic N) is 1. The minimum Gasteiger partial charge on any atom is -0.384 e. The van der Waals surface area contributed by atoms with Gasteiger partial charge < -0.3 is 10.0 Å². The zero-order valence-electron chi connectivity index (χ0n) is 11.9. The van der Waals surface area contributed by atoms with E-state index >= 15 is 0 Å². The normalized spacial score (nSPS) is 9.68. The molecule has 0 aliphatic heterocycles. The molecule has 1 aromatic carbocycles. The third-order valence-electron chi connectivity index (χ3n) is 3.03. The second-order valence-corrected chi connectivity index (χ2v) is 4.32. The number of hydrogen-bond acceptors (Lipinski definition) is 2. The predicted molar refractivity (Wildman–Crippen MR) is 77.0 cm³/mol. The molecule has 0 aromatic heterocycles. The average Bonchev–Trinajstić information content (AvgIpc) is 2.43. The van der Waals surface area contributed by atoms with Gasteiger partial charge in [-0.3, -0.25) is 4.79 Å². The second-order valence-electron chi connectivity index (χ2n) is 4.32. The zero-order valence-corrected chi connectivity index (χ0v) is 11.9.